The van der Waals surface area contributed by atoms with E-state index in [0.717, 1.165) is 11.5 Å². The normalized spacial score (nSPS) is 14.4. The fraction of sp³-hybridized carbons (Fsp3) is 0.357. The van der Waals surface area contributed by atoms with E-state index in [-0.39, 0.29) is 17.1 Å². The molecule has 0 aliphatic carbocycles. The molecule has 96 valence electrons. The average molecular weight is 262 g/mol. The molecular formula is C14H18N2OS. The summed E-state index contributed by atoms with van der Waals surface area (Å²) >= 11 is 1.73. The van der Waals surface area contributed by atoms with E-state index in [1.807, 2.05) is 37.5 Å². The lowest BCUT2D eigenvalue weighted by molar-refractivity contribution is 0.300. The standard InChI is InChI=1S/C14H18N2OS/c1-11(10-17)18-12(2)14-15-8-9-16(14)13-6-4-3-5-7-13/h3-9,11-12,17H,10H2,1-2H3. The maximum atomic E-state index is 9.12. The van der Waals surface area contributed by atoms with Gasteiger partial charge < -0.3 is 9.67 Å². The lowest BCUT2D eigenvalue weighted by Crippen LogP contribution is -2.08. The summed E-state index contributed by atoms with van der Waals surface area (Å²) in [7, 11) is 0. The van der Waals surface area contributed by atoms with Gasteiger partial charge in [0.25, 0.3) is 0 Å². The van der Waals surface area contributed by atoms with Crippen LogP contribution in [0.4, 0.5) is 0 Å². The van der Waals surface area contributed by atoms with Crippen LogP contribution in [0.3, 0.4) is 0 Å². The highest BCUT2D eigenvalue weighted by molar-refractivity contribution is 8.00. The monoisotopic (exact) mass is 262 g/mol. The number of hydrogen-bond donors (Lipinski definition) is 1. The van der Waals surface area contributed by atoms with Crippen LogP contribution in [-0.2, 0) is 0 Å². The van der Waals surface area contributed by atoms with E-state index < -0.39 is 0 Å². The van der Waals surface area contributed by atoms with Crippen LogP contribution in [0.25, 0.3) is 5.69 Å². The van der Waals surface area contributed by atoms with Crippen molar-refractivity contribution in [3.05, 3.63) is 48.5 Å². The molecule has 2 aromatic rings. The van der Waals surface area contributed by atoms with Crippen molar-refractivity contribution in [1.82, 2.24) is 9.55 Å². The molecule has 0 aliphatic rings. The first kappa shape index (κ1) is 13.2. The molecule has 2 rings (SSSR count). The molecule has 1 N–H and O–H groups in total. The van der Waals surface area contributed by atoms with E-state index in [0.29, 0.717) is 0 Å². The van der Waals surface area contributed by atoms with Crippen LogP contribution < -0.4 is 0 Å². The van der Waals surface area contributed by atoms with Crippen LogP contribution >= 0.6 is 11.8 Å². The van der Waals surface area contributed by atoms with Gasteiger partial charge in [-0.2, -0.15) is 0 Å². The fourth-order valence-corrected chi connectivity index (χ4v) is 2.95. The number of rotatable bonds is 5. The quantitative estimate of drug-likeness (QED) is 0.900. The highest BCUT2D eigenvalue weighted by atomic mass is 32.2. The minimum Gasteiger partial charge on any atom is -0.395 e. The smallest absolute Gasteiger partial charge is 0.126 e. The first-order valence-corrected chi connectivity index (χ1v) is 7.01. The zero-order valence-corrected chi connectivity index (χ0v) is 11.5. The molecule has 0 radical (unpaired) electrons. The Labute approximate surface area is 112 Å². The molecule has 0 bridgehead atoms. The molecule has 0 amide bonds. The predicted molar refractivity (Wildman–Crippen MR) is 76.1 cm³/mol. The maximum absolute atomic E-state index is 9.12. The van der Waals surface area contributed by atoms with E-state index in [4.69, 9.17) is 5.11 Å². The Morgan fingerprint density at radius 3 is 2.67 bits per heavy atom. The number of thioether (sulfide) groups is 1. The van der Waals surface area contributed by atoms with Crippen molar-refractivity contribution in [2.24, 2.45) is 0 Å². The Hall–Kier alpha value is -1.26. The molecule has 2 unspecified atom stereocenters. The third-order valence-electron chi connectivity index (χ3n) is 2.76. The summed E-state index contributed by atoms with van der Waals surface area (Å²) in [5.74, 6) is 1.02. The van der Waals surface area contributed by atoms with Crippen LogP contribution in [0, 0.1) is 0 Å². The molecule has 18 heavy (non-hydrogen) atoms. The summed E-state index contributed by atoms with van der Waals surface area (Å²) in [6.07, 6.45) is 3.80. The number of benzene rings is 1. The van der Waals surface area contributed by atoms with E-state index in [9.17, 15) is 0 Å². The van der Waals surface area contributed by atoms with Gasteiger partial charge in [-0.05, 0) is 19.1 Å². The summed E-state index contributed by atoms with van der Waals surface area (Å²) in [5.41, 5.74) is 1.12. The van der Waals surface area contributed by atoms with Gasteiger partial charge in [-0.15, -0.1) is 11.8 Å². The number of aliphatic hydroxyl groups is 1. The van der Waals surface area contributed by atoms with Crippen LogP contribution in [0.15, 0.2) is 42.7 Å². The first-order chi connectivity index (χ1) is 8.72. The second-order valence-electron chi connectivity index (χ2n) is 4.26. The second-order valence-corrected chi connectivity index (χ2v) is 6.05. The van der Waals surface area contributed by atoms with Crippen molar-refractivity contribution in [2.75, 3.05) is 6.61 Å². The molecule has 3 nitrogen and oxygen atoms in total. The molecule has 0 fully saturated rings. The number of hydrogen-bond acceptors (Lipinski definition) is 3. The van der Waals surface area contributed by atoms with Crippen LogP contribution in [-0.4, -0.2) is 26.5 Å². The molecule has 1 aromatic carbocycles. The Bertz CT molecular complexity index is 484. The van der Waals surface area contributed by atoms with Gasteiger partial charge in [-0.3, -0.25) is 0 Å². The molecular weight excluding hydrogens is 244 g/mol. The fourth-order valence-electron chi connectivity index (χ4n) is 1.88. The van der Waals surface area contributed by atoms with Crippen molar-refractivity contribution >= 4 is 11.8 Å². The number of para-hydroxylation sites is 1. The number of nitrogens with zero attached hydrogens (tertiary/aromatic N) is 2. The Morgan fingerprint density at radius 1 is 1.28 bits per heavy atom. The Kier molecular flexibility index (Phi) is 4.44. The largest absolute Gasteiger partial charge is 0.395 e. The summed E-state index contributed by atoms with van der Waals surface area (Å²) in [5, 5.41) is 9.59. The topological polar surface area (TPSA) is 38.1 Å². The van der Waals surface area contributed by atoms with Gasteiger partial charge in [0.1, 0.15) is 5.82 Å². The summed E-state index contributed by atoms with van der Waals surface area (Å²) in [4.78, 5) is 4.44. The minimum absolute atomic E-state index is 0.195. The van der Waals surface area contributed by atoms with Gasteiger partial charge in [0.2, 0.25) is 0 Å². The van der Waals surface area contributed by atoms with Gasteiger partial charge in [0, 0.05) is 23.3 Å². The number of imidazole rings is 1. The van der Waals surface area contributed by atoms with Gasteiger partial charge in [-0.25, -0.2) is 4.98 Å². The molecule has 2 atom stereocenters. The zero-order valence-electron chi connectivity index (χ0n) is 10.7. The maximum Gasteiger partial charge on any atom is 0.126 e. The highest BCUT2D eigenvalue weighted by Gasteiger charge is 2.16. The second kappa shape index (κ2) is 6.07. The van der Waals surface area contributed by atoms with Gasteiger partial charge in [-0.1, -0.05) is 25.1 Å². The number of aromatic nitrogens is 2. The zero-order chi connectivity index (χ0) is 13.0. The molecule has 0 saturated carbocycles. The van der Waals surface area contributed by atoms with Crippen molar-refractivity contribution < 1.29 is 5.11 Å². The van der Waals surface area contributed by atoms with Crippen molar-refractivity contribution in [1.29, 1.82) is 0 Å². The van der Waals surface area contributed by atoms with Crippen molar-refractivity contribution in [2.45, 2.75) is 24.3 Å². The van der Waals surface area contributed by atoms with E-state index in [2.05, 4.69) is 28.6 Å². The highest BCUT2D eigenvalue weighted by Crippen LogP contribution is 2.31. The van der Waals surface area contributed by atoms with Crippen molar-refractivity contribution in [3.8, 4) is 5.69 Å². The Morgan fingerprint density at radius 2 is 2.00 bits per heavy atom. The molecule has 4 heteroatoms. The third kappa shape index (κ3) is 2.94. The summed E-state index contributed by atoms with van der Waals surface area (Å²) in [6.45, 7) is 4.34. The van der Waals surface area contributed by atoms with E-state index >= 15 is 0 Å². The minimum atomic E-state index is 0.195. The predicted octanol–water partition coefficient (Wildman–Crippen LogP) is 3.05. The third-order valence-corrected chi connectivity index (χ3v) is 3.99. The summed E-state index contributed by atoms with van der Waals surface area (Å²) < 4.78 is 2.10. The average Bonchev–Trinajstić information content (AvgIpc) is 2.88. The molecule has 1 aromatic heterocycles. The van der Waals surface area contributed by atoms with Crippen LogP contribution in [0.1, 0.15) is 24.9 Å². The Balaban J connectivity index is 2.23. The van der Waals surface area contributed by atoms with Gasteiger partial charge in [0.15, 0.2) is 0 Å². The lowest BCUT2D eigenvalue weighted by Gasteiger charge is -2.16. The number of aliphatic hydroxyl groups excluding tert-OH is 1. The molecule has 0 spiro atoms. The van der Waals surface area contributed by atoms with E-state index in [1.165, 1.54) is 0 Å². The van der Waals surface area contributed by atoms with Crippen LogP contribution in [0.5, 0.6) is 0 Å². The molecule has 0 aliphatic heterocycles. The van der Waals surface area contributed by atoms with Crippen LogP contribution in [0.2, 0.25) is 0 Å². The summed E-state index contributed by atoms with van der Waals surface area (Å²) in [6, 6.07) is 10.2. The first-order valence-electron chi connectivity index (χ1n) is 6.07. The van der Waals surface area contributed by atoms with Gasteiger partial charge >= 0.3 is 0 Å². The lowest BCUT2D eigenvalue weighted by atomic mass is 10.3. The molecule has 1 heterocycles. The van der Waals surface area contributed by atoms with Gasteiger partial charge in [0.05, 0.1) is 11.9 Å². The molecule has 0 saturated heterocycles. The van der Waals surface area contributed by atoms with Crippen molar-refractivity contribution in [3.63, 3.8) is 0 Å². The SMILES string of the molecule is CC(CO)SC(C)c1nccn1-c1ccccc1. The van der Waals surface area contributed by atoms with E-state index in [1.54, 1.807) is 11.8 Å².